The van der Waals surface area contributed by atoms with Crippen molar-refractivity contribution in [3.63, 3.8) is 0 Å². The summed E-state index contributed by atoms with van der Waals surface area (Å²) >= 11 is 7.09. The van der Waals surface area contributed by atoms with Gasteiger partial charge < -0.3 is 4.74 Å². The zero-order chi connectivity index (χ0) is 14.6. The van der Waals surface area contributed by atoms with Crippen LogP contribution in [0, 0.1) is 0 Å². The maximum absolute atomic E-state index is 12.0. The van der Waals surface area contributed by atoms with E-state index < -0.39 is 6.36 Å². The van der Waals surface area contributed by atoms with Crippen LogP contribution in [-0.2, 0) is 5.88 Å². The minimum absolute atomic E-state index is 0.242. The van der Waals surface area contributed by atoms with Gasteiger partial charge in [0.2, 0.25) is 0 Å². The number of alkyl halides is 4. The van der Waals surface area contributed by atoms with E-state index in [-0.39, 0.29) is 5.75 Å². The molecule has 1 aromatic carbocycles. The van der Waals surface area contributed by atoms with Crippen molar-refractivity contribution in [2.75, 3.05) is 0 Å². The van der Waals surface area contributed by atoms with E-state index >= 15 is 0 Å². The lowest BCUT2D eigenvalue weighted by atomic mass is 10.2. The predicted octanol–water partition coefficient (Wildman–Crippen LogP) is 4.95. The van der Waals surface area contributed by atoms with Gasteiger partial charge in [-0.3, -0.25) is 0 Å². The third-order valence-corrected chi connectivity index (χ3v) is 3.37. The Hall–Kier alpha value is -1.53. The fraction of sp³-hybridized carbons (Fsp3) is 0.154. The summed E-state index contributed by atoms with van der Waals surface area (Å²) in [4.78, 5) is 4.24. The molecule has 0 fully saturated rings. The molecule has 2 aromatic rings. The first-order valence-electron chi connectivity index (χ1n) is 5.50. The first kappa shape index (κ1) is 14.9. The van der Waals surface area contributed by atoms with Crippen LogP contribution in [0.15, 0.2) is 29.6 Å². The molecule has 106 valence electrons. The van der Waals surface area contributed by atoms with Gasteiger partial charge in [0.15, 0.2) is 0 Å². The number of nitrogens with zero attached hydrogens (tertiary/aromatic N) is 1. The fourth-order valence-corrected chi connectivity index (χ4v) is 2.35. The van der Waals surface area contributed by atoms with Gasteiger partial charge in [-0.25, -0.2) is 4.98 Å². The van der Waals surface area contributed by atoms with Crippen LogP contribution in [-0.4, -0.2) is 11.3 Å². The van der Waals surface area contributed by atoms with Crippen molar-refractivity contribution in [2.24, 2.45) is 0 Å². The van der Waals surface area contributed by atoms with Crippen LogP contribution in [0.4, 0.5) is 13.2 Å². The molecule has 0 spiro atoms. The van der Waals surface area contributed by atoms with Crippen LogP contribution in [0.5, 0.6) is 5.75 Å². The molecular formula is C13H9ClF3NOS. The molecule has 0 N–H and O–H groups in total. The van der Waals surface area contributed by atoms with Crippen LogP contribution in [0.3, 0.4) is 0 Å². The lowest BCUT2D eigenvalue weighted by Crippen LogP contribution is -2.16. The minimum atomic E-state index is -4.67. The number of halogens is 4. The van der Waals surface area contributed by atoms with Crippen LogP contribution in [0.2, 0.25) is 0 Å². The fourth-order valence-electron chi connectivity index (χ4n) is 1.41. The summed E-state index contributed by atoms with van der Waals surface area (Å²) in [7, 11) is 0. The average molecular weight is 320 g/mol. The number of rotatable bonds is 4. The summed E-state index contributed by atoms with van der Waals surface area (Å²) in [5.41, 5.74) is 1.55. The maximum atomic E-state index is 12.0. The maximum Gasteiger partial charge on any atom is 0.573 e. The molecule has 0 unspecified atom stereocenters. The molecule has 0 radical (unpaired) electrons. The zero-order valence-electron chi connectivity index (χ0n) is 10.0. The van der Waals surface area contributed by atoms with Crippen LogP contribution in [0.1, 0.15) is 16.3 Å². The summed E-state index contributed by atoms with van der Waals surface area (Å²) in [6, 6.07) is 5.60. The molecule has 0 aliphatic carbocycles. The van der Waals surface area contributed by atoms with E-state index in [2.05, 4.69) is 9.72 Å². The third kappa shape index (κ3) is 4.54. The number of aromatic nitrogens is 1. The minimum Gasteiger partial charge on any atom is -0.406 e. The Balaban J connectivity index is 2.03. The highest BCUT2D eigenvalue weighted by atomic mass is 35.5. The van der Waals surface area contributed by atoms with E-state index in [1.807, 2.05) is 5.38 Å². The predicted molar refractivity (Wildman–Crippen MR) is 73.7 cm³/mol. The summed E-state index contributed by atoms with van der Waals surface area (Å²) < 4.78 is 39.8. The van der Waals surface area contributed by atoms with E-state index in [4.69, 9.17) is 11.6 Å². The molecule has 7 heteroatoms. The van der Waals surface area contributed by atoms with Gasteiger partial charge in [0.25, 0.3) is 0 Å². The van der Waals surface area contributed by atoms with Crippen LogP contribution < -0.4 is 4.74 Å². The van der Waals surface area contributed by atoms with E-state index in [9.17, 15) is 13.2 Å². The molecule has 2 nitrogen and oxygen atoms in total. The monoisotopic (exact) mass is 319 g/mol. The molecule has 0 atom stereocenters. The Bertz CT molecular complexity index is 592. The summed E-state index contributed by atoms with van der Waals surface area (Å²) in [6.07, 6.45) is -1.13. The number of hydrogen-bond acceptors (Lipinski definition) is 3. The largest absolute Gasteiger partial charge is 0.573 e. The molecular weight excluding hydrogens is 311 g/mol. The van der Waals surface area contributed by atoms with Crippen molar-refractivity contribution in [1.29, 1.82) is 0 Å². The lowest BCUT2D eigenvalue weighted by Gasteiger charge is -2.08. The molecule has 0 aliphatic heterocycles. The summed E-state index contributed by atoms with van der Waals surface area (Å²) in [5.74, 6) is 0.113. The number of thiazole rings is 1. The van der Waals surface area contributed by atoms with Crippen LogP contribution in [0.25, 0.3) is 12.2 Å². The van der Waals surface area contributed by atoms with E-state index in [1.165, 1.54) is 35.6 Å². The third-order valence-electron chi connectivity index (χ3n) is 2.24. The Morgan fingerprint density at radius 2 is 1.90 bits per heavy atom. The molecule has 0 saturated heterocycles. The average Bonchev–Trinajstić information content (AvgIpc) is 2.84. The van der Waals surface area contributed by atoms with E-state index in [0.717, 1.165) is 16.3 Å². The van der Waals surface area contributed by atoms with Gasteiger partial charge in [0.1, 0.15) is 10.8 Å². The van der Waals surface area contributed by atoms with Gasteiger partial charge >= 0.3 is 6.36 Å². The van der Waals surface area contributed by atoms with Crippen molar-refractivity contribution < 1.29 is 17.9 Å². The van der Waals surface area contributed by atoms with Crippen LogP contribution >= 0.6 is 22.9 Å². The molecule has 0 saturated carbocycles. The second-order valence-corrected chi connectivity index (χ2v) is 4.92. The zero-order valence-corrected chi connectivity index (χ0v) is 11.6. The molecule has 0 amide bonds. The van der Waals surface area contributed by atoms with Crippen molar-refractivity contribution in [3.8, 4) is 5.75 Å². The van der Waals surface area contributed by atoms with E-state index in [1.54, 1.807) is 12.2 Å². The number of benzene rings is 1. The van der Waals surface area contributed by atoms with Crippen molar-refractivity contribution in [1.82, 2.24) is 4.98 Å². The van der Waals surface area contributed by atoms with Gasteiger partial charge in [-0.15, -0.1) is 36.1 Å². The molecule has 0 aliphatic rings. The topological polar surface area (TPSA) is 22.1 Å². The van der Waals surface area contributed by atoms with Gasteiger partial charge in [0, 0.05) is 5.38 Å². The second-order valence-electron chi connectivity index (χ2n) is 3.76. The highest BCUT2D eigenvalue weighted by molar-refractivity contribution is 7.10. The highest BCUT2D eigenvalue weighted by Crippen LogP contribution is 2.23. The van der Waals surface area contributed by atoms with Gasteiger partial charge in [-0.05, 0) is 23.8 Å². The number of ether oxygens (including phenoxy) is 1. The number of hydrogen-bond donors (Lipinski definition) is 0. The normalized spacial score (nSPS) is 12.0. The van der Waals surface area contributed by atoms with E-state index in [0.29, 0.717) is 5.88 Å². The van der Waals surface area contributed by atoms with Gasteiger partial charge in [-0.2, -0.15) is 0 Å². The highest BCUT2D eigenvalue weighted by Gasteiger charge is 2.30. The quantitative estimate of drug-likeness (QED) is 0.744. The molecule has 1 aromatic heterocycles. The van der Waals surface area contributed by atoms with Gasteiger partial charge in [0.05, 0.1) is 11.6 Å². The Kier molecular flexibility index (Phi) is 4.67. The standard InChI is InChI=1S/C13H9ClF3NOS/c14-7-10-8-20-12(18-10)6-3-9-1-4-11(5-2-9)19-13(15,16)17/h1-6,8H,7H2. The first-order valence-corrected chi connectivity index (χ1v) is 6.92. The Morgan fingerprint density at radius 3 is 2.45 bits per heavy atom. The Labute approximate surface area is 122 Å². The summed E-state index contributed by atoms with van der Waals surface area (Å²) in [6.45, 7) is 0. The SMILES string of the molecule is FC(F)(F)Oc1ccc(C=Cc2nc(CCl)cs2)cc1. The Morgan fingerprint density at radius 1 is 1.20 bits per heavy atom. The lowest BCUT2D eigenvalue weighted by molar-refractivity contribution is -0.274. The van der Waals surface area contributed by atoms with Crippen molar-refractivity contribution >= 4 is 35.1 Å². The molecule has 2 rings (SSSR count). The second kappa shape index (κ2) is 6.28. The van der Waals surface area contributed by atoms with Crippen molar-refractivity contribution in [2.45, 2.75) is 12.2 Å². The summed E-state index contributed by atoms with van der Waals surface area (Å²) in [5, 5.41) is 2.64. The first-order chi connectivity index (χ1) is 9.46. The molecule has 1 heterocycles. The molecule has 20 heavy (non-hydrogen) atoms. The van der Waals surface area contributed by atoms with Crippen molar-refractivity contribution in [3.05, 3.63) is 45.9 Å². The van der Waals surface area contributed by atoms with Gasteiger partial charge in [-0.1, -0.05) is 18.2 Å². The smallest absolute Gasteiger partial charge is 0.406 e. The molecule has 0 bridgehead atoms.